The molecular formula is C10H14F3NO4. The predicted octanol–water partition coefficient (Wildman–Crippen LogP) is 2.01. The van der Waals surface area contributed by atoms with E-state index in [2.05, 4.69) is 4.74 Å². The fourth-order valence-electron chi connectivity index (χ4n) is 1.88. The lowest BCUT2D eigenvalue weighted by molar-refractivity contribution is -0.163. The van der Waals surface area contributed by atoms with Gasteiger partial charge in [0.1, 0.15) is 0 Å². The van der Waals surface area contributed by atoms with E-state index in [4.69, 9.17) is 5.11 Å². The van der Waals surface area contributed by atoms with Gasteiger partial charge in [-0.25, -0.2) is 4.79 Å². The van der Waals surface area contributed by atoms with Crippen LogP contribution in [0.2, 0.25) is 0 Å². The molecule has 1 saturated heterocycles. The molecule has 1 atom stereocenters. The highest BCUT2D eigenvalue weighted by Crippen LogP contribution is 2.22. The Labute approximate surface area is 102 Å². The maximum Gasteiger partial charge on any atom is 0.422 e. The minimum Gasteiger partial charge on any atom is -0.481 e. The van der Waals surface area contributed by atoms with Crippen LogP contribution in [0.4, 0.5) is 18.0 Å². The van der Waals surface area contributed by atoms with Gasteiger partial charge in [0, 0.05) is 12.6 Å². The summed E-state index contributed by atoms with van der Waals surface area (Å²) >= 11 is 0. The fourth-order valence-corrected chi connectivity index (χ4v) is 1.88. The summed E-state index contributed by atoms with van der Waals surface area (Å²) < 4.78 is 39.8. The molecule has 0 aromatic carbocycles. The molecule has 0 aromatic rings. The van der Waals surface area contributed by atoms with Gasteiger partial charge in [-0.1, -0.05) is 0 Å². The molecule has 1 fully saturated rings. The minimum atomic E-state index is -4.58. The lowest BCUT2D eigenvalue weighted by Gasteiger charge is -2.34. The summed E-state index contributed by atoms with van der Waals surface area (Å²) in [4.78, 5) is 23.1. The number of aliphatic carboxylic acids is 1. The molecule has 1 N–H and O–H groups in total. The second kappa shape index (κ2) is 5.92. The van der Waals surface area contributed by atoms with Crippen molar-refractivity contribution in [1.29, 1.82) is 0 Å². The van der Waals surface area contributed by atoms with Gasteiger partial charge in [-0.15, -0.1) is 0 Å². The van der Waals surface area contributed by atoms with Crippen LogP contribution in [0.15, 0.2) is 0 Å². The maximum absolute atomic E-state index is 11.9. The molecule has 1 aliphatic heterocycles. The number of carboxylic acids is 1. The van der Waals surface area contributed by atoms with Crippen molar-refractivity contribution >= 4 is 12.1 Å². The third-order valence-electron chi connectivity index (χ3n) is 2.63. The number of carbonyl (C=O) groups excluding carboxylic acids is 1. The van der Waals surface area contributed by atoms with Crippen molar-refractivity contribution in [1.82, 2.24) is 4.90 Å². The Balaban J connectivity index is 2.54. The van der Waals surface area contributed by atoms with Crippen molar-refractivity contribution < 1.29 is 32.6 Å². The average Bonchev–Trinajstić information content (AvgIpc) is 2.25. The van der Waals surface area contributed by atoms with E-state index in [1.165, 1.54) is 0 Å². The van der Waals surface area contributed by atoms with Gasteiger partial charge < -0.3 is 14.7 Å². The number of hydrogen-bond donors (Lipinski definition) is 1. The minimum absolute atomic E-state index is 0.231. The van der Waals surface area contributed by atoms with Gasteiger partial charge in [0.05, 0.1) is 6.42 Å². The van der Waals surface area contributed by atoms with E-state index in [1.54, 1.807) is 0 Å². The quantitative estimate of drug-likeness (QED) is 0.851. The zero-order chi connectivity index (χ0) is 13.8. The Bertz CT molecular complexity index is 319. The molecule has 0 saturated carbocycles. The van der Waals surface area contributed by atoms with Crippen LogP contribution in [0.3, 0.4) is 0 Å². The average molecular weight is 269 g/mol. The molecule has 0 aliphatic carbocycles. The molecule has 8 heteroatoms. The Hall–Kier alpha value is -1.47. The van der Waals surface area contributed by atoms with E-state index < -0.39 is 30.9 Å². The van der Waals surface area contributed by atoms with Gasteiger partial charge >= 0.3 is 18.2 Å². The van der Waals surface area contributed by atoms with E-state index in [9.17, 15) is 22.8 Å². The van der Waals surface area contributed by atoms with E-state index in [-0.39, 0.29) is 13.0 Å². The van der Waals surface area contributed by atoms with Crippen molar-refractivity contribution in [3.8, 4) is 0 Å². The number of halogens is 3. The van der Waals surface area contributed by atoms with Crippen LogP contribution in [0.5, 0.6) is 0 Å². The van der Waals surface area contributed by atoms with Crippen LogP contribution in [-0.2, 0) is 9.53 Å². The summed E-state index contributed by atoms with van der Waals surface area (Å²) in [5.74, 6) is -1.09. The highest BCUT2D eigenvalue weighted by molar-refractivity contribution is 5.71. The molecule has 5 nitrogen and oxygen atoms in total. The Morgan fingerprint density at radius 3 is 2.56 bits per heavy atom. The van der Waals surface area contributed by atoms with E-state index >= 15 is 0 Å². The molecule has 0 aromatic heterocycles. The van der Waals surface area contributed by atoms with E-state index in [0.29, 0.717) is 12.8 Å². The van der Waals surface area contributed by atoms with Crippen LogP contribution in [-0.4, -0.2) is 47.4 Å². The van der Waals surface area contributed by atoms with Crippen LogP contribution in [0.1, 0.15) is 25.7 Å². The molecule has 1 heterocycles. The number of carbonyl (C=O) groups is 2. The molecule has 1 amide bonds. The second-order valence-corrected chi connectivity index (χ2v) is 4.11. The maximum atomic E-state index is 11.9. The van der Waals surface area contributed by atoms with Crippen molar-refractivity contribution in [2.75, 3.05) is 13.2 Å². The zero-order valence-electron chi connectivity index (χ0n) is 9.57. The Morgan fingerprint density at radius 1 is 1.33 bits per heavy atom. The fraction of sp³-hybridized carbons (Fsp3) is 0.800. The highest BCUT2D eigenvalue weighted by Gasteiger charge is 2.34. The van der Waals surface area contributed by atoms with Gasteiger partial charge in [-0.05, 0) is 19.3 Å². The van der Waals surface area contributed by atoms with E-state index in [0.717, 1.165) is 11.3 Å². The normalized spacial score (nSPS) is 20.6. The van der Waals surface area contributed by atoms with Crippen LogP contribution < -0.4 is 0 Å². The summed E-state index contributed by atoms with van der Waals surface area (Å²) in [6, 6.07) is -0.586. The van der Waals surface area contributed by atoms with Gasteiger partial charge in [-0.3, -0.25) is 4.79 Å². The largest absolute Gasteiger partial charge is 0.481 e. The number of piperidine rings is 1. The lowest BCUT2D eigenvalue weighted by Crippen LogP contribution is -2.45. The highest BCUT2D eigenvalue weighted by atomic mass is 19.4. The summed E-state index contributed by atoms with van der Waals surface area (Å²) in [6.45, 7) is -1.42. The van der Waals surface area contributed by atoms with Crippen LogP contribution >= 0.6 is 0 Å². The molecule has 0 spiro atoms. The molecule has 0 radical (unpaired) electrons. The topological polar surface area (TPSA) is 66.8 Å². The first-order valence-electron chi connectivity index (χ1n) is 5.51. The SMILES string of the molecule is O=C(O)CC1CCCCN1C(=O)OCC(F)(F)F. The van der Waals surface area contributed by atoms with Crippen molar-refractivity contribution in [3.63, 3.8) is 0 Å². The summed E-state index contributed by atoms with van der Waals surface area (Å²) in [6.07, 6.45) is -4.10. The van der Waals surface area contributed by atoms with Crippen molar-refractivity contribution in [3.05, 3.63) is 0 Å². The van der Waals surface area contributed by atoms with Crippen LogP contribution in [0.25, 0.3) is 0 Å². The third kappa shape index (κ3) is 4.80. The molecule has 104 valence electrons. The monoisotopic (exact) mass is 269 g/mol. The Morgan fingerprint density at radius 2 is 2.00 bits per heavy atom. The number of rotatable bonds is 3. The first-order valence-corrected chi connectivity index (χ1v) is 5.51. The number of amides is 1. The van der Waals surface area contributed by atoms with Gasteiger partial charge in [-0.2, -0.15) is 13.2 Å². The Kier molecular flexibility index (Phi) is 4.80. The number of ether oxygens (including phenoxy) is 1. The van der Waals surface area contributed by atoms with Gasteiger partial charge in [0.15, 0.2) is 6.61 Å². The standard InChI is InChI=1S/C10H14F3NO4/c11-10(12,13)6-18-9(17)14-4-2-1-3-7(14)5-8(15)16/h7H,1-6H2,(H,15,16). The third-order valence-corrected chi connectivity index (χ3v) is 2.63. The first kappa shape index (κ1) is 14.6. The smallest absolute Gasteiger partial charge is 0.422 e. The summed E-state index contributed by atoms with van der Waals surface area (Å²) in [5.41, 5.74) is 0. The van der Waals surface area contributed by atoms with Crippen molar-refractivity contribution in [2.24, 2.45) is 0 Å². The predicted molar refractivity (Wildman–Crippen MR) is 54.0 cm³/mol. The number of alkyl halides is 3. The summed E-state index contributed by atoms with van der Waals surface area (Å²) in [7, 11) is 0. The molecule has 1 aliphatic rings. The lowest BCUT2D eigenvalue weighted by atomic mass is 10.00. The molecule has 1 rings (SSSR count). The number of carboxylic acid groups (broad SMARTS) is 1. The number of hydrogen-bond acceptors (Lipinski definition) is 3. The molecule has 0 bridgehead atoms. The second-order valence-electron chi connectivity index (χ2n) is 4.11. The first-order chi connectivity index (χ1) is 8.29. The van der Waals surface area contributed by atoms with Crippen LogP contribution in [0, 0.1) is 0 Å². The van der Waals surface area contributed by atoms with Gasteiger partial charge in [0.2, 0.25) is 0 Å². The zero-order valence-corrected chi connectivity index (χ0v) is 9.57. The number of nitrogens with zero attached hydrogens (tertiary/aromatic N) is 1. The van der Waals surface area contributed by atoms with Gasteiger partial charge in [0.25, 0.3) is 0 Å². The van der Waals surface area contributed by atoms with E-state index in [1.807, 2.05) is 0 Å². The number of likely N-dealkylation sites (tertiary alicyclic amines) is 1. The molecule has 18 heavy (non-hydrogen) atoms. The molecule has 1 unspecified atom stereocenters. The van der Waals surface area contributed by atoms with Crippen molar-refractivity contribution in [2.45, 2.75) is 37.9 Å². The molecular weight excluding hydrogens is 255 g/mol. The summed E-state index contributed by atoms with van der Waals surface area (Å²) in [5, 5.41) is 8.67.